The first kappa shape index (κ1) is 15.8. The molecule has 2 heterocycles. The zero-order valence-electron chi connectivity index (χ0n) is 12.5. The number of amides is 2. The Morgan fingerprint density at radius 3 is 2.76 bits per heavy atom. The summed E-state index contributed by atoms with van der Waals surface area (Å²) in [6.07, 6.45) is 1.35. The monoisotopic (exact) mass is 311 g/mol. The highest BCUT2D eigenvalue weighted by Crippen LogP contribution is 2.26. The summed E-state index contributed by atoms with van der Waals surface area (Å²) >= 11 is 1.39. The molecule has 2 N–H and O–H groups in total. The summed E-state index contributed by atoms with van der Waals surface area (Å²) in [4.78, 5) is 29.2. The number of anilines is 1. The Labute approximate surface area is 128 Å². The van der Waals surface area contributed by atoms with Gasteiger partial charge in [0.05, 0.1) is 11.6 Å². The highest BCUT2D eigenvalue weighted by Gasteiger charge is 2.28. The number of aliphatic carboxylic acids is 1. The van der Waals surface area contributed by atoms with E-state index in [4.69, 9.17) is 5.11 Å². The molecule has 1 fully saturated rings. The van der Waals surface area contributed by atoms with E-state index in [9.17, 15) is 9.59 Å². The molecule has 0 aromatic carbocycles. The van der Waals surface area contributed by atoms with Crippen molar-refractivity contribution in [2.45, 2.75) is 39.0 Å². The molecule has 1 aromatic rings. The van der Waals surface area contributed by atoms with Crippen molar-refractivity contribution in [1.82, 2.24) is 9.88 Å². The van der Waals surface area contributed by atoms with Gasteiger partial charge in [-0.05, 0) is 12.8 Å². The second-order valence-electron chi connectivity index (χ2n) is 6.34. The number of likely N-dealkylation sites (tertiary alicyclic amines) is 1. The summed E-state index contributed by atoms with van der Waals surface area (Å²) in [7, 11) is 0. The van der Waals surface area contributed by atoms with Crippen LogP contribution in [0.3, 0.4) is 0 Å². The van der Waals surface area contributed by atoms with Crippen molar-refractivity contribution >= 4 is 28.5 Å². The molecule has 1 aliphatic rings. The number of thiazole rings is 1. The molecule has 0 spiro atoms. The number of aromatic nitrogens is 1. The fourth-order valence-electron chi connectivity index (χ4n) is 2.21. The number of urea groups is 1. The minimum Gasteiger partial charge on any atom is -0.481 e. The number of carboxylic acids is 1. The largest absolute Gasteiger partial charge is 0.481 e. The van der Waals surface area contributed by atoms with Crippen LogP contribution in [0.4, 0.5) is 9.93 Å². The van der Waals surface area contributed by atoms with E-state index in [0.29, 0.717) is 18.1 Å². The summed E-state index contributed by atoms with van der Waals surface area (Å²) in [6, 6.07) is -0.268. The van der Waals surface area contributed by atoms with Crippen LogP contribution in [0.25, 0.3) is 0 Å². The van der Waals surface area contributed by atoms with E-state index in [0.717, 1.165) is 12.1 Å². The summed E-state index contributed by atoms with van der Waals surface area (Å²) in [5.41, 5.74) is 0.879. The highest BCUT2D eigenvalue weighted by molar-refractivity contribution is 7.13. The summed E-state index contributed by atoms with van der Waals surface area (Å²) in [5, 5.41) is 14.3. The van der Waals surface area contributed by atoms with Gasteiger partial charge in [0.15, 0.2) is 5.13 Å². The summed E-state index contributed by atoms with van der Waals surface area (Å²) < 4.78 is 0. The van der Waals surface area contributed by atoms with Gasteiger partial charge in [0.2, 0.25) is 0 Å². The Bertz CT molecular complexity index is 536. The smallest absolute Gasteiger partial charge is 0.323 e. The second-order valence-corrected chi connectivity index (χ2v) is 7.20. The summed E-state index contributed by atoms with van der Waals surface area (Å²) in [6.45, 7) is 7.05. The number of nitrogens with one attached hydrogen (secondary N) is 1. The molecule has 21 heavy (non-hydrogen) atoms. The Morgan fingerprint density at radius 1 is 1.48 bits per heavy atom. The van der Waals surface area contributed by atoms with Crippen LogP contribution < -0.4 is 5.32 Å². The molecule has 7 heteroatoms. The lowest BCUT2D eigenvalue weighted by Gasteiger charge is -2.30. The van der Waals surface area contributed by atoms with Gasteiger partial charge in [0.25, 0.3) is 0 Å². The molecule has 1 aliphatic heterocycles. The van der Waals surface area contributed by atoms with Crippen molar-refractivity contribution in [3.8, 4) is 0 Å². The molecule has 1 atom stereocenters. The first-order valence-corrected chi connectivity index (χ1v) is 7.90. The molecule has 1 saturated heterocycles. The van der Waals surface area contributed by atoms with Gasteiger partial charge in [-0.2, -0.15) is 0 Å². The van der Waals surface area contributed by atoms with E-state index in [1.165, 1.54) is 11.3 Å². The van der Waals surface area contributed by atoms with E-state index >= 15 is 0 Å². The third-order valence-corrected chi connectivity index (χ3v) is 4.30. The Kier molecular flexibility index (Phi) is 4.51. The van der Waals surface area contributed by atoms with E-state index in [1.54, 1.807) is 4.90 Å². The minimum absolute atomic E-state index is 0.0565. The molecular formula is C14H21N3O3S. The molecule has 116 valence electrons. The Morgan fingerprint density at radius 2 is 2.19 bits per heavy atom. The molecule has 0 radical (unpaired) electrons. The van der Waals surface area contributed by atoms with Gasteiger partial charge >= 0.3 is 12.0 Å². The van der Waals surface area contributed by atoms with Gasteiger partial charge in [0.1, 0.15) is 0 Å². The van der Waals surface area contributed by atoms with Gasteiger partial charge in [0, 0.05) is 23.9 Å². The van der Waals surface area contributed by atoms with Gasteiger partial charge in [-0.1, -0.05) is 20.8 Å². The lowest BCUT2D eigenvalue weighted by molar-refractivity contribution is -0.143. The minimum atomic E-state index is -0.836. The van der Waals surface area contributed by atoms with Crippen LogP contribution in [0.2, 0.25) is 0 Å². The standard InChI is InChI=1S/C14H21N3O3S/c1-14(2,3)10-8-21-12(15-10)16-13(20)17-6-4-5-9(7-17)11(18)19/h8-9H,4-7H2,1-3H3,(H,18,19)(H,15,16,20)/t9-/m0/s1. The number of nitrogens with zero attached hydrogens (tertiary/aromatic N) is 2. The van der Waals surface area contributed by atoms with Gasteiger partial charge in [-0.3, -0.25) is 10.1 Å². The molecule has 0 aliphatic carbocycles. The molecule has 0 saturated carbocycles. The fourth-order valence-corrected chi connectivity index (χ4v) is 3.14. The van der Waals surface area contributed by atoms with Crippen LogP contribution >= 0.6 is 11.3 Å². The van der Waals surface area contributed by atoms with Crippen LogP contribution in [-0.4, -0.2) is 40.1 Å². The van der Waals surface area contributed by atoms with Gasteiger partial charge in [-0.25, -0.2) is 9.78 Å². The maximum absolute atomic E-state index is 12.2. The van der Waals surface area contributed by atoms with E-state index in [2.05, 4.69) is 31.1 Å². The zero-order valence-corrected chi connectivity index (χ0v) is 13.4. The molecule has 2 amide bonds. The highest BCUT2D eigenvalue weighted by atomic mass is 32.1. The summed E-state index contributed by atoms with van der Waals surface area (Å²) in [5.74, 6) is -1.30. The van der Waals surface area contributed by atoms with E-state index in [1.807, 2.05) is 5.38 Å². The molecule has 0 bridgehead atoms. The van der Waals surface area contributed by atoms with Crippen molar-refractivity contribution in [2.24, 2.45) is 5.92 Å². The van der Waals surface area contributed by atoms with Crippen molar-refractivity contribution in [3.63, 3.8) is 0 Å². The van der Waals surface area contributed by atoms with Crippen LogP contribution in [0.5, 0.6) is 0 Å². The van der Waals surface area contributed by atoms with Crippen LogP contribution in [-0.2, 0) is 10.2 Å². The van der Waals surface area contributed by atoms with Crippen molar-refractivity contribution in [1.29, 1.82) is 0 Å². The number of rotatable bonds is 2. The SMILES string of the molecule is CC(C)(C)c1csc(NC(=O)N2CCC[C@H](C(=O)O)C2)n1. The number of carbonyl (C=O) groups is 2. The number of carboxylic acid groups (broad SMARTS) is 1. The third kappa shape index (κ3) is 3.93. The molecule has 0 unspecified atom stereocenters. The van der Waals surface area contributed by atoms with Gasteiger partial charge < -0.3 is 10.0 Å². The first-order valence-electron chi connectivity index (χ1n) is 7.02. The van der Waals surface area contributed by atoms with Crippen LogP contribution in [0.1, 0.15) is 39.3 Å². The van der Waals surface area contributed by atoms with Crippen molar-refractivity contribution in [2.75, 3.05) is 18.4 Å². The third-order valence-electron chi connectivity index (χ3n) is 3.54. The quantitative estimate of drug-likeness (QED) is 0.880. The first-order chi connectivity index (χ1) is 9.77. The zero-order chi connectivity index (χ0) is 15.6. The van der Waals surface area contributed by atoms with Crippen LogP contribution in [0.15, 0.2) is 5.38 Å². The lowest BCUT2D eigenvalue weighted by atomic mass is 9.93. The molecular weight excluding hydrogens is 290 g/mol. The number of hydrogen-bond acceptors (Lipinski definition) is 4. The average molecular weight is 311 g/mol. The molecule has 6 nitrogen and oxygen atoms in total. The number of piperidine rings is 1. The van der Waals surface area contributed by atoms with E-state index < -0.39 is 11.9 Å². The molecule has 2 rings (SSSR count). The fraction of sp³-hybridized carbons (Fsp3) is 0.643. The van der Waals surface area contributed by atoms with Crippen LogP contribution in [0, 0.1) is 5.92 Å². The number of hydrogen-bond donors (Lipinski definition) is 2. The number of carbonyl (C=O) groups excluding carboxylic acids is 1. The predicted molar refractivity (Wildman–Crippen MR) is 81.8 cm³/mol. The maximum atomic E-state index is 12.2. The predicted octanol–water partition coefficient (Wildman–Crippen LogP) is 2.77. The Balaban J connectivity index is 1.98. The van der Waals surface area contributed by atoms with E-state index in [-0.39, 0.29) is 18.0 Å². The topological polar surface area (TPSA) is 82.5 Å². The lowest BCUT2D eigenvalue weighted by Crippen LogP contribution is -2.44. The normalized spacial score (nSPS) is 19.4. The Hall–Kier alpha value is -1.63. The van der Waals surface area contributed by atoms with Crippen molar-refractivity contribution < 1.29 is 14.7 Å². The van der Waals surface area contributed by atoms with Crippen molar-refractivity contribution in [3.05, 3.63) is 11.1 Å². The maximum Gasteiger partial charge on any atom is 0.323 e. The van der Waals surface area contributed by atoms with Gasteiger partial charge in [-0.15, -0.1) is 11.3 Å². The molecule has 1 aromatic heterocycles. The average Bonchev–Trinajstić information content (AvgIpc) is 2.87. The second kappa shape index (κ2) is 6.01.